The maximum atomic E-state index is 14.4. The quantitative estimate of drug-likeness (QED) is 0.520. The van der Waals surface area contributed by atoms with Crippen molar-refractivity contribution in [2.75, 3.05) is 16.8 Å². The van der Waals surface area contributed by atoms with E-state index in [9.17, 15) is 17.8 Å². The van der Waals surface area contributed by atoms with E-state index < -0.39 is 45.6 Å². The first-order valence-corrected chi connectivity index (χ1v) is 10.5. The van der Waals surface area contributed by atoms with Crippen molar-refractivity contribution in [1.82, 2.24) is 19.9 Å². The van der Waals surface area contributed by atoms with E-state index in [0.29, 0.717) is 16.6 Å². The molecule has 0 aliphatic rings. The molecule has 3 aromatic rings. The van der Waals surface area contributed by atoms with Crippen LogP contribution in [0.4, 0.5) is 14.6 Å². The van der Waals surface area contributed by atoms with Gasteiger partial charge >= 0.3 is 5.97 Å². The SMILES string of the molecule is CC(C)(C)C(CS(=O)CC(=O)O)Nc1nc(-c2c[nH]c3ncc(F)cc23)ncc1F. The lowest BCUT2D eigenvalue weighted by Gasteiger charge is -2.31. The zero-order chi connectivity index (χ0) is 22.1. The number of carboxylic acids is 1. The van der Waals surface area contributed by atoms with E-state index in [1.807, 2.05) is 20.8 Å². The Morgan fingerprint density at radius 1 is 1.30 bits per heavy atom. The summed E-state index contributed by atoms with van der Waals surface area (Å²) in [6.07, 6.45) is 3.62. The average Bonchev–Trinajstić information content (AvgIpc) is 3.04. The van der Waals surface area contributed by atoms with E-state index in [1.165, 1.54) is 6.07 Å². The second kappa shape index (κ2) is 8.42. The van der Waals surface area contributed by atoms with Crippen LogP contribution in [-0.2, 0) is 15.6 Å². The summed E-state index contributed by atoms with van der Waals surface area (Å²) in [6, 6.07) is 0.748. The molecule has 0 aromatic carbocycles. The number of rotatable bonds is 7. The van der Waals surface area contributed by atoms with Gasteiger partial charge in [0.2, 0.25) is 0 Å². The van der Waals surface area contributed by atoms with Crippen LogP contribution in [0.25, 0.3) is 22.4 Å². The number of nitrogens with one attached hydrogen (secondary N) is 2. The van der Waals surface area contributed by atoms with Crippen molar-refractivity contribution in [3.05, 3.63) is 36.3 Å². The Bertz CT molecular complexity index is 1110. The number of aliphatic carboxylic acids is 1. The topological polar surface area (TPSA) is 121 Å². The molecule has 2 atom stereocenters. The molecular formula is C19H21F2N5O3S. The number of aromatic amines is 1. The predicted molar refractivity (Wildman–Crippen MR) is 109 cm³/mol. The van der Waals surface area contributed by atoms with Gasteiger partial charge in [-0.15, -0.1) is 0 Å². The largest absolute Gasteiger partial charge is 0.481 e. The fourth-order valence-electron chi connectivity index (χ4n) is 2.82. The molecule has 0 aliphatic carbocycles. The number of pyridine rings is 1. The van der Waals surface area contributed by atoms with Gasteiger partial charge in [0, 0.05) is 39.7 Å². The van der Waals surface area contributed by atoms with E-state index in [0.717, 1.165) is 12.4 Å². The predicted octanol–water partition coefficient (Wildman–Crippen LogP) is 2.96. The van der Waals surface area contributed by atoms with Gasteiger partial charge in [0.1, 0.15) is 17.2 Å². The molecule has 3 heterocycles. The highest BCUT2D eigenvalue weighted by Crippen LogP contribution is 2.29. The Balaban J connectivity index is 1.94. The lowest BCUT2D eigenvalue weighted by Crippen LogP contribution is -2.40. The van der Waals surface area contributed by atoms with Crippen molar-refractivity contribution in [3.8, 4) is 11.4 Å². The molecule has 8 nitrogen and oxygen atoms in total. The fraction of sp³-hybridized carbons (Fsp3) is 0.368. The Morgan fingerprint density at radius 3 is 2.70 bits per heavy atom. The number of H-pyrrole nitrogens is 1. The number of nitrogens with zero attached hydrogens (tertiary/aromatic N) is 3. The Kier molecular flexibility index (Phi) is 6.11. The molecule has 0 radical (unpaired) electrons. The molecule has 3 rings (SSSR count). The summed E-state index contributed by atoms with van der Waals surface area (Å²) in [4.78, 5) is 25.9. The van der Waals surface area contributed by atoms with Crippen LogP contribution in [-0.4, -0.2) is 52.8 Å². The molecule has 0 fully saturated rings. The summed E-state index contributed by atoms with van der Waals surface area (Å²) in [5, 5.41) is 12.2. The second-order valence-corrected chi connectivity index (χ2v) is 9.35. The number of hydrogen-bond donors (Lipinski definition) is 3. The summed E-state index contributed by atoms with van der Waals surface area (Å²) >= 11 is 0. The monoisotopic (exact) mass is 437 g/mol. The van der Waals surface area contributed by atoms with Gasteiger partial charge in [0.15, 0.2) is 17.5 Å². The molecule has 0 amide bonds. The summed E-state index contributed by atoms with van der Waals surface area (Å²) in [7, 11) is -1.65. The van der Waals surface area contributed by atoms with Gasteiger partial charge in [-0.3, -0.25) is 9.00 Å². The summed E-state index contributed by atoms with van der Waals surface area (Å²) in [6.45, 7) is 5.57. The molecule has 0 aliphatic heterocycles. The summed E-state index contributed by atoms with van der Waals surface area (Å²) < 4.78 is 40.2. The van der Waals surface area contributed by atoms with E-state index >= 15 is 0 Å². The highest BCUT2D eigenvalue weighted by molar-refractivity contribution is 7.85. The molecule has 160 valence electrons. The third-order valence-electron chi connectivity index (χ3n) is 4.48. The van der Waals surface area contributed by atoms with Gasteiger partial charge in [-0.25, -0.2) is 23.7 Å². The van der Waals surface area contributed by atoms with Crippen LogP contribution in [0.15, 0.2) is 24.7 Å². The van der Waals surface area contributed by atoms with Crippen molar-refractivity contribution < 1.29 is 22.9 Å². The van der Waals surface area contributed by atoms with E-state index in [2.05, 4.69) is 25.3 Å². The van der Waals surface area contributed by atoms with Crippen LogP contribution in [0, 0.1) is 17.0 Å². The van der Waals surface area contributed by atoms with Gasteiger partial charge in [-0.05, 0) is 11.5 Å². The van der Waals surface area contributed by atoms with Gasteiger partial charge < -0.3 is 15.4 Å². The number of carboxylic acid groups (broad SMARTS) is 1. The zero-order valence-corrected chi connectivity index (χ0v) is 17.4. The number of fused-ring (bicyclic) bond motifs is 1. The van der Waals surface area contributed by atoms with Gasteiger partial charge in [0.25, 0.3) is 0 Å². The minimum atomic E-state index is -1.65. The third-order valence-corrected chi connectivity index (χ3v) is 5.75. The lowest BCUT2D eigenvalue weighted by atomic mass is 9.88. The maximum Gasteiger partial charge on any atom is 0.316 e. The van der Waals surface area contributed by atoms with Crippen LogP contribution >= 0.6 is 0 Å². The first kappa shape index (κ1) is 21.8. The Hall–Kier alpha value is -2.95. The fourth-order valence-corrected chi connectivity index (χ4v) is 4.17. The van der Waals surface area contributed by atoms with Gasteiger partial charge in [0.05, 0.1) is 12.4 Å². The molecule has 2 unspecified atom stereocenters. The van der Waals surface area contributed by atoms with E-state index in [1.54, 1.807) is 6.20 Å². The number of anilines is 1. The smallest absolute Gasteiger partial charge is 0.316 e. The van der Waals surface area contributed by atoms with Crippen LogP contribution in [0.2, 0.25) is 0 Å². The van der Waals surface area contributed by atoms with Crippen molar-refractivity contribution in [2.45, 2.75) is 26.8 Å². The minimum Gasteiger partial charge on any atom is -0.481 e. The molecule has 0 bridgehead atoms. The zero-order valence-electron chi connectivity index (χ0n) is 16.6. The van der Waals surface area contributed by atoms with E-state index in [-0.39, 0.29) is 17.4 Å². The van der Waals surface area contributed by atoms with Crippen molar-refractivity contribution in [3.63, 3.8) is 0 Å². The standard InChI is InChI=1S/C19H21F2N5O3S/c1-19(2,3)14(8-30(29)9-15(27)28)25-18-13(21)7-24-17(26-18)12-6-23-16-11(12)4-10(20)5-22-16/h4-7,14H,8-9H2,1-3H3,(H,22,23)(H,27,28)(H,24,25,26). The van der Waals surface area contributed by atoms with Crippen LogP contribution in [0.3, 0.4) is 0 Å². The van der Waals surface area contributed by atoms with Gasteiger partial charge in [-0.2, -0.15) is 0 Å². The first-order chi connectivity index (χ1) is 14.0. The normalized spacial score (nSPS) is 13.9. The highest BCUT2D eigenvalue weighted by Gasteiger charge is 2.28. The molecular weight excluding hydrogens is 416 g/mol. The third kappa shape index (κ3) is 4.96. The highest BCUT2D eigenvalue weighted by atomic mass is 32.2. The van der Waals surface area contributed by atoms with Crippen molar-refractivity contribution in [1.29, 1.82) is 0 Å². The number of halogens is 2. The van der Waals surface area contributed by atoms with Gasteiger partial charge in [-0.1, -0.05) is 20.8 Å². The average molecular weight is 437 g/mol. The van der Waals surface area contributed by atoms with Crippen LogP contribution < -0.4 is 5.32 Å². The second-order valence-electron chi connectivity index (χ2n) is 7.85. The lowest BCUT2D eigenvalue weighted by molar-refractivity contribution is -0.133. The minimum absolute atomic E-state index is 0.00318. The molecule has 0 saturated heterocycles. The van der Waals surface area contributed by atoms with Crippen molar-refractivity contribution >= 4 is 33.6 Å². The Morgan fingerprint density at radius 2 is 2.03 bits per heavy atom. The first-order valence-electron chi connectivity index (χ1n) is 9.03. The van der Waals surface area contributed by atoms with Crippen LogP contribution in [0.1, 0.15) is 20.8 Å². The molecule has 3 aromatic heterocycles. The molecule has 30 heavy (non-hydrogen) atoms. The summed E-state index contributed by atoms with van der Waals surface area (Å²) in [5.41, 5.74) is 0.409. The van der Waals surface area contributed by atoms with Crippen molar-refractivity contribution in [2.24, 2.45) is 5.41 Å². The number of carbonyl (C=O) groups is 1. The molecule has 0 saturated carbocycles. The maximum absolute atomic E-state index is 14.4. The number of hydrogen-bond acceptors (Lipinski definition) is 6. The van der Waals surface area contributed by atoms with Crippen LogP contribution in [0.5, 0.6) is 0 Å². The Labute approximate surface area is 173 Å². The van der Waals surface area contributed by atoms with E-state index in [4.69, 9.17) is 5.11 Å². The number of aromatic nitrogens is 4. The molecule has 0 spiro atoms. The molecule has 11 heteroatoms. The molecule has 3 N–H and O–H groups in total. The summed E-state index contributed by atoms with van der Waals surface area (Å²) in [5.74, 6) is -2.89.